The van der Waals surface area contributed by atoms with Crippen molar-refractivity contribution in [2.45, 2.75) is 82.7 Å². The van der Waals surface area contributed by atoms with Gasteiger partial charge in [-0.1, -0.05) is 37.5 Å². The molecule has 248 valence electrons. The molecule has 2 heterocycles. The van der Waals surface area contributed by atoms with Gasteiger partial charge in [0, 0.05) is 48.8 Å². The third-order valence-electron chi connectivity index (χ3n) is 9.25. The molecule has 1 aromatic heterocycles. The monoisotopic (exact) mass is 641 g/mol. The Morgan fingerprint density at radius 1 is 1.04 bits per heavy atom. The SMILES string of the molecule is [C-]#[N+]c1ccc2c(C(O)(CN3CCC(Oc4ccc(CC(=O)OCC)cc4OC)CC3)C(F)(F)F)cn(CC3CCCCC3)c2c1. The lowest BCUT2D eigenvalue weighted by Gasteiger charge is -2.39. The van der Waals surface area contributed by atoms with Crippen LogP contribution >= 0.6 is 0 Å². The molecule has 0 amide bonds. The van der Waals surface area contributed by atoms with Crippen molar-refractivity contribution in [1.29, 1.82) is 0 Å². The zero-order valence-corrected chi connectivity index (χ0v) is 26.4. The number of halogens is 3. The number of ether oxygens (including phenoxy) is 3. The van der Waals surface area contributed by atoms with Gasteiger partial charge in [-0.25, -0.2) is 4.85 Å². The Bertz CT molecular complexity index is 1550. The first-order valence-electron chi connectivity index (χ1n) is 16.1. The molecular formula is C35H42F3N3O5. The average molecular weight is 642 g/mol. The molecule has 1 saturated heterocycles. The van der Waals surface area contributed by atoms with Crippen molar-refractivity contribution >= 4 is 22.6 Å². The fraction of sp³-hybridized carbons (Fsp3) is 0.543. The number of alkyl halides is 3. The number of carbonyl (C=O) groups is 1. The van der Waals surface area contributed by atoms with Crippen molar-refractivity contribution in [2.75, 3.05) is 33.4 Å². The number of carbonyl (C=O) groups excluding carboxylic acids is 1. The fourth-order valence-electron chi connectivity index (χ4n) is 6.79. The predicted octanol–water partition coefficient (Wildman–Crippen LogP) is 7.18. The van der Waals surface area contributed by atoms with E-state index >= 15 is 0 Å². The number of hydrogen-bond donors (Lipinski definition) is 1. The largest absolute Gasteiger partial charge is 0.493 e. The van der Waals surface area contributed by atoms with E-state index in [0.29, 0.717) is 78.7 Å². The Balaban J connectivity index is 1.31. The number of fused-ring (bicyclic) bond motifs is 1. The van der Waals surface area contributed by atoms with Crippen molar-refractivity contribution in [3.8, 4) is 11.5 Å². The summed E-state index contributed by atoms with van der Waals surface area (Å²) in [6, 6.07) is 9.89. The molecule has 1 saturated carbocycles. The number of likely N-dealkylation sites (tertiary alicyclic amines) is 1. The second-order valence-corrected chi connectivity index (χ2v) is 12.4. The van der Waals surface area contributed by atoms with Gasteiger partial charge in [-0.3, -0.25) is 9.69 Å². The summed E-state index contributed by atoms with van der Waals surface area (Å²) < 4.78 is 63.2. The number of nitrogens with zero attached hydrogens (tertiary/aromatic N) is 3. The van der Waals surface area contributed by atoms with Gasteiger partial charge in [0.2, 0.25) is 5.60 Å². The Morgan fingerprint density at radius 3 is 2.43 bits per heavy atom. The molecule has 3 aromatic rings. The molecule has 0 bridgehead atoms. The first-order chi connectivity index (χ1) is 22.0. The molecule has 1 aliphatic heterocycles. The van der Waals surface area contributed by atoms with Gasteiger partial charge in [0.05, 0.1) is 26.7 Å². The maximum absolute atomic E-state index is 14.9. The topological polar surface area (TPSA) is 77.5 Å². The second kappa shape index (κ2) is 14.3. The Morgan fingerprint density at radius 2 is 1.78 bits per heavy atom. The summed E-state index contributed by atoms with van der Waals surface area (Å²) in [7, 11) is 1.51. The number of benzene rings is 2. The summed E-state index contributed by atoms with van der Waals surface area (Å²) in [5.74, 6) is 0.956. The normalized spacial score (nSPS) is 18.2. The lowest BCUT2D eigenvalue weighted by atomic mass is 9.89. The van der Waals surface area contributed by atoms with E-state index in [-0.39, 0.29) is 24.1 Å². The molecule has 2 aliphatic rings. The summed E-state index contributed by atoms with van der Waals surface area (Å²) in [4.78, 5) is 17.0. The highest BCUT2D eigenvalue weighted by atomic mass is 19.4. The van der Waals surface area contributed by atoms with Crippen molar-refractivity contribution in [3.05, 3.63) is 65.1 Å². The zero-order chi connectivity index (χ0) is 32.9. The van der Waals surface area contributed by atoms with Gasteiger partial charge in [0.25, 0.3) is 0 Å². The molecule has 2 fully saturated rings. The van der Waals surface area contributed by atoms with Gasteiger partial charge >= 0.3 is 12.1 Å². The van der Waals surface area contributed by atoms with E-state index in [0.717, 1.165) is 25.7 Å². The highest BCUT2D eigenvalue weighted by Crippen LogP contribution is 2.44. The Labute approximate surface area is 267 Å². The molecule has 1 aliphatic carbocycles. The minimum absolute atomic E-state index is 0.102. The molecule has 11 heteroatoms. The summed E-state index contributed by atoms with van der Waals surface area (Å²) in [6.07, 6.45) is 2.70. The van der Waals surface area contributed by atoms with Crippen LogP contribution in [0.15, 0.2) is 42.6 Å². The van der Waals surface area contributed by atoms with Crippen LogP contribution in [0.4, 0.5) is 18.9 Å². The minimum Gasteiger partial charge on any atom is -0.493 e. The molecule has 46 heavy (non-hydrogen) atoms. The van der Waals surface area contributed by atoms with Crippen LogP contribution in [0.25, 0.3) is 15.7 Å². The van der Waals surface area contributed by atoms with E-state index in [1.807, 2.05) is 4.57 Å². The number of methoxy groups -OCH3 is 1. The molecular weight excluding hydrogens is 599 g/mol. The number of hydrogen-bond acceptors (Lipinski definition) is 6. The molecule has 0 radical (unpaired) electrons. The summed E-state index contributed by atoms with van der Waals surface area (Å²) in [5.41, 5.74) is -1.66. The first kappa shape index (κ1) is 33.6. The van der Waals surface area contributed by atoms with Crippen LogP contribution in [-0.2, 0) is 28.1 Å². The van der Waals surface area contributed by atoms with Gasteiger partial charge in [0.15, 0.2) is 17.2 Å². The smallest absolute Gasteiger partial charge is 0.422 e. The maximum atomic E-state index is 14.9. The van der Waals surface area contributed by atoms with E-state index in [1.165, 1.54) is 31.9 Å². The molecule has 0 spiro atoms. The van der Waals surface area contributed by atoms with Crippen LogP contribution in [-0.4, -0.2) is 66.2 Å². The zero-order valence-electron chi connectivity index (χ0n) is 26.4. The third-order valence-corrected chi connectivity index (χ3v) is 9.25. The predicted molar refractivity (Wildman–Crippen MR) is 168 cm³/mol. The van der Waals surface area contributed by atoms with Crippen LogP contribution in [0.3, 0.4) is 0 Å². The summed E-state index contributed by atoms with van der Waals surface area (Å²) in [6.45, 7) is 10.0. The van der Waals surface area contributed by atoms with E-state index in [4.69, 9.17) is 20.8 Å². The third kappa shape index (κ3) is 7.45. The summed E-state index contributed by atoms with van der Waals surface area (Å²) >= 11 is 0. The van der Waals surface area contributed by atoms with E-state index in [9.17, 15) is 23.1 Å². The lowest BCUT2D eigenvalue weighted by Crippen LogP contribution is -2.53. The van der Waals surface area contributed by atoms with Crippen molar-refractivity contribution in [3.63, 3.8) is 0 Å². The number of esters is 1. The maximum Gasteiger partial charge on any atom is 0.422 e. The standard InChI is InChI=1S/C35H42F3N3O5/c1-4-45-33(42)19-25-10-13-31(32(18-25)44-3)46-27-14-16-40(17-15-27)23-34(43,35(36,37)38)29-22-41(21-24-8-6-5-7-9-24)30-20-26(39-2)11-12-28(29)30/h10-13,18,20,22,24,27,43H,4-9,14-17,19,21,23H2,1,3H3. The quantitative estimate of drug-likeness (QED) is 0.177. The number of piperidine rings is 1. The average Bonchev–Trinajstić information content (AvgIpc) is 3.40. The second-order valence-electron chi connectivity index (χ2n) is 12.4. The highest BCUT2D eigenvalue weighted by molar-refractivity contribution is 5.88. The first-order valence-corrected chi connectivity index (χ1v) is 16.1. The molecule has 1 atom stereocenters. The van der Waals surface area contributed by atoms with Gasteiger partial charge in [0.1, 0.15) is 6.10 Å². The van der Waals surface area contributed by atoms with Crippen LogP contribution in [0.5, 0.6) is 11.5 Å². The molecule has 5 rings (SSSR count). The lowest BCUT2D eigenvalue weighted by molar-refractivity contribution is -0.272. The Kier molecular flexibility index (Phi) is 10.5. The molecule has 1 unspecified atom stereocenters. The molecule has 2 aromatic carbocycles. The number of aliphatic hydroxyl groups is 1. The molecule has 1 N–H and O–H groups in total. The number of rotatable bonds is 11. The fourth-order valence-corrected chi connectivity index (χ4v) is 6.79. The van der Waals surface area contributed by atoms with Gasteiger partial charge < -0.3 is 23.9 Å². The highest BCUT2D eigenvalue weighted by Gasteiger charge is 2.57. The number of β-amino-alcohol motifs (C(OH)–C–C–N with tert-alkyl or cyclic N) is 1. The van der Waals surface area contributed by atoms with E-state index in [2.05, 4.69) is 4.85 Å². The van der Waals surface area contributed by atoms with Crippen LogP contribution in [0.2, 0.25) is 0 Å². The number of aromatic nitrogens is 1. The van der Waals surface area contributed by atoms with Crippen LogP contribution in [0.1, 0.15) is 63.0 Å². The van der Waals surface area contributed by atoms with Crippen molar-refractivity contribution in [1.82, 2.24) is 9.47 Å². The van der Waals surface area contributed by atoms with Gasteiger partial charge in [-0.05, 0) is 62.3 Å². The van der Waals surface area contributed by atoms with Crippen molar-refractivity contribution < 1.29 is 37.3 Å². The van der Waals surface area contributed by atoms with Gasteiger partial charge in [-0.2, -0.15) is 13.2 Å². The molecule has 8 nitrogen and oxygen atoms in total. The minimum atomic E-state index is -4.93. The van der Waals surface area contributed by atoms with Crippen LogP contribution < -0.4 is 9.47 Å². The summed E-state index contributed by atoms with van der Waals surface area (Å²) in [5, 5.41) is 11.9. The van der Waals surface area contributed by atoms with Gasteiger partial charge in [-0.15, -0.1) is 0 Å². The van der Waals surface area contributed by atoms with E-state index < -0.39 is 18.3 Å². The van der Waals surface area contributed by atoms with Crippen molar-refractivity contribution in [2.24, 2.45) is 5.92 Å². The Hall–Kier alpha value is -3.75. The van der Waals surface area contributed by atoms with E-state index in [1.54, 1.807) is 36.1 Å². The van der Waals surface area contributed by atoms with Crippen LogP contribution in [0, 0.1) is 12.5 Å².